The van der Waals surface area contributed by atoms with Crippen LogP contribution in [0, 0.1) is 47.3 Å². The molecule has 8 rings (SSSR count). The number of alkyl halides is 7. The number of hydrogen-bond acceptors (Lipinski definition) is 12. The fourth-order valence-electron chi connectivity index (χ4n) is 18.0. The van der Waals surface area contributed by atoms with Crippen molar-refractivity contribution in [3.8, 4) is 0 Å². The monoisotopic (exact) mass is 1530 g/mol. The van der Waals surface area contributed by atoms with Gasteiger partial charge in [0.1, 0.15) is 53.9 Å². The van der Waals surface area contributed by atoms with Crippen molar-refractivity contribution >= 4 is 82.5 Å². The molecule has 3 N–H and O–H groups in total. The van der Waals surface area contributed by atoms with Crippen LogP contribution in [-0.4, -0.2) is 269 Å². The van der Waals surface area contributed by atoms with E-state index in [-0.39, 0.29) is 121 Å². The van der Waals surface area contributed by atoms with E-state index in [4.69, 9.17) is 11.6 Å². The smallest absolute Gasteiger partial charge is 0.347 e. The number of halogens is 7. The van der Waals surface area contributed by atoms with E-state index < -0.39 is 198 Å². The molecule has 0 radical (unpaired) electrons. The van der Waals surface area contributed by atoms with E-state index in [1.807, 2.05) is 13.8 Å². The highest BCUT2D eigenvalue weighted by molar-refractivity contribution is 6.21. The molecule has 12 amide bonds. The SMILES string of the molecule is CC[C@H](C)[C@@H]1NC(=O)[C@H](CC2CCC2)N(C)C(=O)C[C@@H](C(=O)N(C)C)N(C)C(=O)[C@H](C2CCCC2)N(C)C(=O)C2(CCCC2)NC(=O)[C@@H]2CCCN2C(=O)[C@H](CCC2CCC(C(F)(F)F)C(Cl)C2)NC(=O)CN(C)C(=O)[C@H](CC2CCC(C(F)(F)F)CC2)N2C[C@H](C)CC[C@@H](C2=O)N(C)C(=O)CN(C)C1=O. The molecule has 31 heteroatoms. The molecule has 8 fully saturated rings. The van der Waals surface area contributed by atoms with E-state index in [1.165, 1.54) is 90.7 Å². The number of amides is 12. The van der Waals surface area contributed by atoms with Crippen LogP contribution < -0.4 is 16.0 Å². The predicted octanol–water partition coefficient (Wildman–Crippen LogP) is 7.27. The number of likely N-dealkylation sites (N-methyl/N-ethyl adjacent to an activating group) is 7. The Bertz CT molecular complexity index is 3160. The lowest BCUT2D eigenvalue weighted by Gasteiger charge is -2.42. The average molecular weight is 1530 g/mol. The van der Waals surface area contributed by atoms with E-state index in [9.17, 15) is 45.5 Å². The Kier molecular flexibility index (Phi) is 29.2. The summed E-state index contributed by atoms with van der Waals surface area (Å²) >= 11 is 6.41. The number of nitrogens with zero attached hydrogens (tertiary/aromatic N) is 9. The first-order valence-electron chi connectivity index (χ1n) is 38.8. The number of rotatable bonds is 11. The maximum atomic E-state index is 15.6. The fraction of sp³-hybridized carbons (Fsp3) is 0.840. The van der Waals surface area contributed by atoms with Crippen LogP contribution >= 0.6 is 11.6 Å². The lowest BCUT2D eigenvalue weighted by atomic mass is 9.78. The molecule has 13 atom stereocenters. The first-order valence-corrected chi connectivity index (χ1v) is 39.3. The molecule has 0 aromatic carbocycles. The van der Waals surface area contributed by atoms with Crippen molar-refractivity contribution in [3.05, 3.63) is 0 Å². The Morgan fingerprint density at radius 1 is 0.585 bits per heavy atom. The van der Waals surface area contributed by atoms with Crippen LogP contribution in [0.1, 0.15) is 201 Å². The van der Waals surface area contributed by atoms with Gasteiger partial charge >= 0.3 is 12.4 Å². The molecule has 598 valence electrons. The van der Waals surface area contributed by atoms with Crippen molar-refractivity contribution in [2.45, 2.75) is 272 Å². The van der Waals surface area contributed by atoms with E-state index in [2.05, 4.69) is 16.0 Å². The predicted molar refractivity (Wildman–Crippen MR) is 382 cm³/mol. The first kappa shape index (κ1) is 85.1. The number of carbonyl (C=O) groups is 12. The quantitative estimate of drug-likeness (QED) is 0.136. The summed E-state index contributed by atoms with van der Waals surface area (Å²) in [6, 6.07) is -10.3. The summed E-state index contributed by atoms with van der Waals surface area (Å²) in [5.74, 6) is -13.8. The minimum Gasteiger partial charge on any atom is -0.347 e. The van der Waals surface area contributed by atoms with E-state index in [0.29, 0.717) is 44.9 Å². The molecular formula is C75H117ClF6N12O12. The second-order valence-electron chi connectivity index (χ2n) is 32.8. The summed E-state index contributed by atoms with van der Waals surface area (Å²) in [6.07, 6.45) is -2.70. The van der Waals surface area contributed by atoms with E-state index >= 15 is 38.4 Å². The van der Waals surface area contributed by atoms with Crippen LogP contribution in [0.5, 0.6) is 0 Å². The van der Waals surface area contributed by atoms with Gasteiger partial charge in [-0.3, -0.25) is 57.5 Å². The Hall–Kier alpha value is -6.49. The zero-order valence-electron chi connectivity index (χ0n) is 64.0. The van der Waals surface area contributed by atoms with Crippen LogP contribution in [0.3, 0.4) is 0 Å². The normalized spacial score (nSPS) is 32.3. The maximum absolute atomic E-state index is 15.6. The zero-order valence-corrected chi connectivity index (χ0v) is 64.8. The lowest BCUT2D eigenvalue weighted by Crippen LogP contribution is -2.65. The van der Waals surface area contributed by atoms with Crippen LogP contribution in [0.4, 0.5) is 26.3 Å². The van der Waals surface area contributed by atoms with Crippen molar-refractivity contribution in [3.63, 3.8) is 0 Å². The summed E-state index contributed by atoms with van der Waals surface area (Å²) < 4.78 is 84.6. The lowest BCUT2D eigenvalue weighted by molar-refractivity contribution is -0.184. The molecule has 8 aliphatic rings. The van der Waals surface area contributed by atoms with Gasteiger partial charge in [-0.05, 0) is 158 Å². The van der Waals surface area contributed by atoms with Crippen LogP contribution in [0.15, 0.2) is 0 Å². The van der Waals surface area contributed by atoms with Gasteiger partial charge < -0.3 is 60.0 Å². The summed E-state index contributed by atoms with van der Waals surface area (Å²) in [5.41, 5.74) is -1.60. The van der Waals surface area contributed by atoms with Gasteiger partial charge in [0.2, 0.25) is 70.9 Å². The van der Waals surface area contributed by atoms with E-state index in [0.717, 1.165) is 41.9 Å². The van der Waals surface area contributed by atoms with Gasteiger partial charge in [0.25, 0.3) is 0 Å². The highest BCUT2D eigenvalue weighted by atomic mass is 35.5. The molecule has 1 spiro atoms. The van der Waals surface area contributed by atoms with Gasteiger partial charge in [-0.2, -0.15) is 26.3 Å². The summed E-state index contributed by atoms with van der Waals surface area (Å²) in [5, 5.41) is 7.50. The Balaban J connectivity index is 1.18. The summed E-state index contributed by atoms with van der Waals surface area (Å²) in [7, 11) is 11.3. The number of fused-ring (bicyclic) bond motifs is 3. The van der Waals surface area contributed by atoms with Gasteiger partial charge in [-0.25, -0.2) is 0 Å². The third kappa shape index (κ3) is 20.3. The number of nitrogens with one attached hydrogen (secondary N) is 3. The second-order valence-corrected chi connectivity index (χ2v) is 33.4. The van der Waals surface area contributed by atoms with Crippen LogP contribution in [0.25, 0.3) is 0 Å². The van der Waals surface area contributed by atoms with Crippen molar-refractivity contribution in [1.29, 1.82) is 0 Å². The molecule has 2 bridgehead atoms. The Morgan fingerprint density at radius 3 is 1.78 bits per heavy atom. The second kappa shape index (κ2) is 36.4. The molecule has 3 saturated heterocycles. The largest absolute Gasteiger partial charge is 0.393 e. The molecule has 3 aliphatic heterocycles. The Morgan fingerprint density at radius 2 is 1.20 bits per heavy atom. The molecule has 24 nitrogen and oxygen atoms in total. The van der Waals surface area contributed by atoms with E-state index in [1.54, 1.807) is 6.92 Å². The number of hydrogen-bond donors (Lipinski definition) is 3. The molecule has 0 aromatic rings. The zero-order chi connectivity index (χ0) is 78.2. The fourth-order valence-corrected chi connectivity index (χ4v) is 18.5. The summed E-state index contributed by atoms with van der Waals surface area (Å²) in [4.78, 5) is 193. The third-order valence-corrected chi connectivity index (χ3v) is 25.7. The highest BCUT2D eigenvalue weighted by Crippen LogP contribution is 2.45. The standard InChI is InChI=1S/C75H117ClF6N12O12/c1-12-45(3)62-70(104)88(7)43-61(97)89(8)55-33-24-44(2)41-94(69(55)103)58(39-48-25-29-50(30-26-48)74(77,78)79)68(102)87(6)42-59(95)83-53(32-28-47-27-31-51(52(76)37-47)75(80,81)82)66(100)93-36-18-23-54(93)65(99)85-73(34-15-16-35-73)72(106)92(11)63(49-21-13-14-22-49)71(105)91(10)57(67(101)86(4)5)40-60(96)90(9)56(64(98)84-62)38-46-19-17-20-46/h44-58,62-63H,12-43H2,1-11H3,(H,83,95)(H,84,98)(H,85,99)/t44-,45+,47?,48?,50?,51?,52?,53+,54+,55+,56+,57+,58+,62+,63+/m1/s1. The van der Waals surface area contributed by atoms with Gasteiger partial charge in [0.15, 0.2) is 0 Å². The first-order chi connectivity index (χ1) is 49.8. The third-order valence-electron chi connectivity index (χ3n) is 25.2. The van der Waals surface area contributed by atoms with Gasteiger partial charge in [-0.15, -0.1) is 11.6 Å². The van der Waals surface area contributed by atoms with Gasteiger partial charge in [-0.1, -0.05) is 72.1 Å². The van der Waals surface area contributed by atoms with Crippen LogP contribution in [-0.2, 0) is 57.5 Å². The minimum atomic E-state index is -4.55. The topological polar surface area (TPSA) is 270 Å². The summed E-state index contributed by atoms with van der Waals surface area (Å²) in [6.45, 7) is 4.06. The van der Waals surface area contributed by atoms with Crippen molar-refractivity contribution in [1.82, 2.24) is 60.0 Å². The molecule has 3 heterocycles. The van der Waals surface area contributed by atoms with Gasteiger partial charge in [0.05, 0.1) is 31.3 Å². The molecule has 106 heavy (non-hydrogen) atoms. The molecule has 0 aromatic heterocycles. The Labute approximate surface area is 625 Å². The van der Waals surface area contributed by atoms with Crippen molar-refractivity contribution in [2.75, 3.05) is 82.6 Å². The average Bonchev–Trinajstić information content (AvgIpc) is 1.46. The van der Waals surface area contributed by atoms with Crippen molar-refractivity contribution < 1.29 is 83.9 Å². The molecule has 5 aliphatic carbocycles. The van der Waals surface area contributed by atoms with Crippen LogP contribution in [0.2, 0.25) is 0 Å². The molecular weight excluding hydrogens is 1410 g/mol. The number of carbonyl (C=O) groups excluding carboxylic acids is 12. The van der Waals surface area contributed by atoms with Crippen molar-refractivity contribution in [2.24, 2.45) is 47.3 Å². The maximum Gasteiger partial charge on any atom is 0.393 e. The van der Waals surface area contributed by atoms with Gasteiger partial charge in [0, 0.05) is 74.8 Å². The molecule has 3 unspecified atom stereocenters. The molecule has 5 saturated carbocycles. The highest BCUT2D eigenvalue weighted by Gasteiger charge is 2.53. The minimum absolute atomic E-state index is 0.0111.